The van der Waals surface area contributed by atoms with Crippen LogP contribution in [0.15, 0.2) is 30.3 Å². The Morgan fingerprint density at radius 2 is 1.88 bits per heavy atom. The van der Waals surface area contributed by atoms with Crippen molar-refractivity contribution >= 4 is 23.4 Å². The van der Waals surface area contributed by atoms with E-state index in [4.69, 9.17) is 21.1 Å². The van der Waals surface area contributed by atoms with Crippen molar-refractivity contribution in [3.05, 3.63) is 69.3 Å². The van der Waals surface area contributed by atoms with E-state index in [0.717, 1.165) is 54.5 Å². The predicted octanol–water partition coefficient (Wildman–Crippen LogP) is 4.78. The Morgan fingerprint density at radius 3 is 2.48 bits per heavy atom. The number of benzene rings is 1. The summed E-state index contributed by atoms with van der Waals surface area (Å²) < 4.78 is 14.9. The average Bonchev–Trinajstić information content (AvgIpc) is 3.49. The molecule has 1 aliphatic rings. The van der Waals surface area contributed by atoms with Gasteiger partial charge in [0.25, 0.3) is 0 Å². The number of ketones is 1. The van der Waals surface area contributed by atoms with Crippen LogP contribution in [0.1, 0.15) is 56.3 Å². The van der Waals surface area contributed by atoms with Gasteiger partial charge in [0.1, 0.15) is 0 Å². The van der Waals surface area contributed by atoms with Crippen LogP contribution in [0.5, 0.6) is 0 Å². The number of carbonyl (C=O) groups excluding carboxylic acids is 2. The maximum absolute atomic E-state index is 12.8. The molecule has 0 spiro atoms. The Hall–Kier alpha value is -2.90. The third kappa shape index (κ3) is 4.75. The third-order valence-electron chi connectivity index (χ3n) is 6.17. The number of Topliss-reactive ketones (excluding diaryl/α,β-unsaturated/α-hetero) is 1. The quantitative estimate of drug-likeness (QED) is 0.367. The molecule has 0 unspecified atom stereocenters. The first-order valence-corrected chi connectivity index (χ1v) is 11.4. The Morgan fingerprint density at radius 1 is 1.15 bits per heavy atom. The van der Waals surface area contributed by atoms with E-state index in [0.29, 0.717) is 16.1 Å². The van der Waals surface area contributed by atoms with E-state index in [2.05, 4.69) is 9.67 Å². The molecule has 3 heterocycles. The van der Waals surface area contributed by atoms with Crippen LogP contribution in [0.4, 0.5) is 0 Å². The molecule has 4 rings (SSSR count). The van der Waals surface area contributed by atoms with Crippen LogP contribution < -0.4 is 0 Å². The number of hydrogen-bond acceptors (Lipinski definition) is 5. The molecule has 1 aliphatic heterocycles. The van der Waals surface area contributed by atoms with E-state index in [1.807, 2.05) is 33.8 Å². The van der Waals surface area contributed by atoms with Crippen LogP contribution in [-0.4, -0.2) is 45.4 Å². The van der Waals surface area contributed by atoms with Gasteiger partial charge in [0.05, 0.1) is 33.8 Å². The van der Waals surface area contributed by atoms with Gasteiger partial charge in [0, 0.05) is 30.1 Å². The Balaban J connectivity index is 1.39. The molecule has 1 atom stereocenters. The van der Waals surface area contributed by atoms with Gasteiger partial charge >= 0.3 is 5.97 Å². The van der Waals surface area contributed by atoms with Crippen LogP contribution in [0.25, 0.3) is 5.69 Å². The number of ether oxygens (including phenoxy) is 2. The summed E-state index contributed by atoms with van der Waals surface area (Å²) in [6.45, 7) is 8.84. The maximum Gasteiger partial charge on any atom is 0.338 e. The molecule has 2 aromatic heterocycles. The van der Waals surface area contributed by atoms with Crippen molar-refractivity contribution in [2.45, 2.75) is 53.2 Å². The highest BCUT2D eigenvalue weighted by molar-refractivity contribution is 6.31. The fourth-order valence-corrected chi connectivity index (χ4v) is 4.38. The van der Waals surface area contributed by atoms with Crippen LogP contribution >= 0.6 is 11.6 Å². The molecule has 33 heavy (non-hydrogen) atoms. The van der Waals surface area contributed by atoms with Gasteiger partial charge in [-0.2, -0.15) is 5.10 Å². The van der Waals surface area contributed by atoms with Gasteiger partial charge in [-0.05, 0) is 70.9 Å². The number of esters is 1. The molecule has 0 N–H and O–H groups in total. The topological polar surface area (TPSA) is 75.4 Å². The van der Waals surface area contributed by atoms with Crippen LogP contribution in [0.3, 0.4) is 0 Å². The fraction of sp³-hybridized carbons (Fsp3) is 0.400. The summed E-state index contributed by atoms with van der Waals surface area (Å²) in [5, 5.41) is 5.03. The number of nitrogens with zero attached hydrogens (tertiary/aromatic N) is 3. The lowest BCUT2D eigenvalue weighted by Crippen LogP contribution is -2.18. The predicted molar refractivity (Wildman–Crippen MR) is 126 cm³/mol. The second-order valence-electron chi connectivity index (χ2n) is 8.47. The van der Waals surface area contributed by atoms with Gasteiger partial charge in [-0.1, -0.05) is 11.6 Å². The van der Waals surface area contributed by atoms with Crippen molar-refractivity contribution in [1.82, 2.24) is 14.3 Å². The van der Waals surface area contributed by atoms with Gasteiger partial charge in [-0.25, -0.2) is 9.48 Å². The van der Waals surface area contributed by atoms with Crippen molar-refractivity contribution in [2.75, 3.05) is 13.2 Å². The molecule has 0 aliphatic carbocycles. The largest absolute Gasteiger partial charge is 0.454 e. The molecule has 0 amide bonds. The lowest BCUT2D eigenvalue weighted by Gasteiger charge is -2.14. The van der Waals surface area contributed by atoms with Crippen LogP contribution in [0, 0.1) is 27.7 Å². The van der Waals surface area contributed by atoms with E-state index in [1.54, 1.807) is 28.9 Å². The lowest BCUT2D eigenvalue weighted by atomic mass is 10.1. The molecule has 1 fully saturated rings. The van der Waals surface area contributed by atoms with E-state index in [1.165, 1.54) is 0 Å². The van der Waals surface area contributed by atoms with E-state index in [-0.39, 0.29) is 18.5 Å². The number of halogens is 1. The van der Waals surface area contributed by atoms with Gasteiger partial charge in [0.2, 0.25) is 5.78 Å². The van der Waals surface area contributed by atoms with Crippen molar-refractivity contribution < 1.29 is 19.1 Å². The molecule has 0 bridgehead atoms. The van der Waals surface area contributed by atoms with E-state index >= 15 is 0 Å². The molecule has 7 nitrogen and oxygen atoms in total. The Labute approximate surface area is 198 Å². The summed E-state index contributed by atoms with van der Waals surface area (Å²) in [6, 6.07) is 8.70. The van der Waals surface area contributed by atoms with Gasteiger partial charge in [-0.15, -0.1) is 0 Å². The van der Waals surface area contributed by atoms with Gasteiger partial charge < -0.3 is 14.0 Å². The normalized spacial score (nSPS) is 15.7. The molecule has 1 saturated heterocycles. The first kappa shape index (κ1) is 23.3. The lowest BCUT2D eigenvalue weighted by molar-refractivity contribution is 0.0474. The monoisotopic (exact) mass is 469 g/mol. The maximum atomic E-state index is 12.8. The second kappa shape index (κ2) is 9.53. The molecular formula is C25H28ClN3O4. The number of carbonyl (C=O) groups is 2. The zero-order valence-electron chi connectivity index (χ0n) is 19.4. The molecule has 0 radical (unpaired) electrons. The Kier molecular flexibility index (Phi) is 6.72. The smallest absolute Gasteiger partial charge is 0.338 e. The van der Waals surface area contributed by atoms with Crippen LogP contribution in [0.2, 0.25) is 5.02 Å². The minimum Gasteiger partial charge on any atom is -0.454 e. The van der Waals surface area contributed by atoms with Crippen molar-refractivity contribution in [2.24, 2.45) is 0 Å². The first-order chi connectivity index (χ1) is 15.8. The zero-order chi connectivity index (χ0) is 23.7. The average molecular weight is 470 g/mol. The SMILES string of the molecule is Cc1nn(-c2ccc(C(=O)OCC(=O)c3cc(C)n(C[C@H]4CCCO4)c3C)cc2)c(C)c1Cl. The van der Waals surface area contributed by atoms with Crippen molar-refractivity contribution in [3.63, 3.8) is 0 Å². The summed E-state index contributed by atoms with van der Waals surface area (Å²) in [5.74, 6) is -0.765. The van der Waals surface area contributed by atoms with Crippen molar-refractivity contribution in [1.29, 1.82) is 0 Å². The van der Waals surface area contributed by atoms with E-state index in [9.17, 15) is 9.59 Å². The molecular weight excluding hydrogens is 442 g/mol. The summed E-state index contributed by atoms with van der Waals surface area (Å²) in [4.78, 5) is 25.3. The molecule has 1 aromatic carbocycles. The standard InChI is InChI=1S/C25H28ClN3O4/c1-15-12-22(17(3)28(15)13-21-6-5-11-32-21)23(30)14-33-25(31)19-7-9-20(10-8-19)29-18(4)24(26)16(2)27-29/h7-10,12,21H,5-6,11,13-14H2,1-4H3/t21-/m1/s1. The van der Waals surface area contributed by atoms with Gasteiger partial charge in [0.15, 0.2) is 6.61 Å². The third-order valence-corrected chi connectivity index (χ3v) is 6.72. The number of rotatable bonds is 7. The Bertz CT molecular complexity index is 1190. The minimum absolute atomic E-state index is 0.184. The van der Waals surface area contributed by atoms with Crippen LogP contribution in [-0.2, 0) is 16.0 Å². The second-order valence-corrected chi connectivity index (χ2v) is 8.85. The first-order valence-electron chi connectivity index (χ1n) is 11.1. The zero-order valence-corrected chi connectivity index (χ0v) is 20.1. The number of aryl methyl sites for hydroxylation is 2. The summed E-state index contributed by atoms with van der Waals surface area (Å²) in [6.07, 6.45) is 2.29. The highest BCUT2D eigenvalue weighted by atomic mass is 35.5. The number of hydrogen-bond donors (Lipinski definition) is 0. The minimum atomic E-state index is -0.547. The fourth-order valence-electron chi connectivity index (χ4n) is 4.26. The summed E-state index contributed by atoms with van der Waals surface area (Å²) in [7, 11) is 0. The highest BCUT2D eigenvalue weighted by Crippen LogP contribution is 2.23. The molecule has 0 saturated carbocycles. The van der Waals surface area contributed by atoms with Crippen molar-refractivity contribution in [3.8, 4) is 5.69 Å². The van der Waals surface area contributed by atoms with Gasteiger partial charge in [-0.3, -0.25) is 4.79 Å². The molecule has 174 valence electrons. The molecule has 8 heteroatoms. The summed E-state index contributed by atoms with van der Waals surface area (Å²) in [5.41, 5.74) is 5.17. The molecule has 3 aromatic rings. The highest BCUT2D eigenvalue weighted by Gasteiger charge is 2.22. The number of aromatic nitrogens is 3. The summed E-state index contributed by atoms with van der Waals surface area (Å²) >= 11 is 6.22. The van der Waals surface area contributed by atoms with E-state index < -0.39 is 5.97 Å².